The second kappa shape index (κ2) is 13.2. The van der Waals surface area contributed by atoms with E-state index in [1.54, 1.807) is 0 Å². The summed E-state index contributed by atoms with van der Waals surface area (Å²) in [4.78, 5) is 2.36. The van der Waals surface area contributed by atoms with Crippen molar-refractivity contribution in [1.29, 1.82) is 0 Å². The molecule has 0 aliphatic rings. The minimum absolute atomic E-state index is 1.09. The van der Waals surface area contributed by atoms with E-state index in [0.717, 1.165) is 22.7 Å². The molecule has 0 radical (unpaired) electrons. The molecule has 0 fully saturated rings. The molecular weight excluding hydrogens is 677 g/mol. The number of hydrogen-bond donors (Lipinski definition) is 0. The third-order valence-electron chi connectivity index (χ3n) is 11.4. The van der Waals surface area contributed by atoms with E-state index < -0.39 is 0 Å². The molecule has 0 bridgehead atoms. The molecule has 56 heavy (non-hydrogen) atoms. The summed E-state index contributed by atoms with van der Waals surface area (Å²) in [5.74, 6) is 0. The highest BCUT2D eigenvalue weighted by atomic mass is 15.1. The molecule has 1 heterocycles. The Kier molecular flexibility index (Phi) is 7.53. The van der Waals surface area contributed by atoms with Crippen molar-refractivity contribution in [2.75, 3.05) is 4.90 Å². The predicted molar refractivity (Wildman–Crippen MR) is 239 cm³/mol. The third-order valence-corrected chi connectivity index (χ3v) is 11.4. The zero-order valence-corrected chi connectivity index (χ0v) is 30.7. The smallest absolute Gasteiger partial charge is 0.0626 e. The molecule has 0 saturated heterocycles. The molecule has 0 spiro atoms. The molecule has 0 aliphatic heterocycles. The Morgan fingerprint density at radius 2 is 0.750 bits per heavy atom. The number of aromatic nitrogens is 1. The molecule has 1 aromatic heterocycles. The summed E-state index contributed by atoms with van der Waals surface area (Å²) in [6, 6.07) is 79.3. The molecule has 0 saturated carbocycles. The Bertz CT molecular complexity index is 3110. The summed E-state index contributed by atoms with van der Waals surface area (Å²) in [7, 11) is 0. The van der Waals surface area contributed by atoms with Gasteiger partial charge >= 0.3 is 0 Å². The van der Waals surface area contributed by atoms with Gasteiger partial charge < -0.3 is 9.47 Å². The molecule has 2 nitrogen and oxygen atoms in total. The number of rotatable bonds is 6. The molecule has 2 heteroatoms. The monoisotopic (exact) mass is 712 g/mol. The van der Waals surface area contributed by atoms with Crippen molar-refractivity contribution in [2.45, 2.75) is 0 Å². The van der Waals surface area contributed by atoms with Crippen LogP contribution in [-0.4, -0.2) is 4.57 Å². The molecule has 0 atom stereocenters. The number of benzene rings is 10. The quantitative estimate of drug-likeness (QED) is 0.156. The van der Waals surface area contributed by atoms with Gasteiger partial charge in [-0.25, -0.2) is 0 Å². The van der Waals surface area contributed by atoms with Crippen LogP contribution in [0.4, 0.5) is 17.1 Å². The lowest BCUT2D eigenvalue weighted by molar-refractivity contribution is 1.18. The van der Waals surface area contributed by atoms with E-state index in [-0.39, 0.29) is 0 Å². The van der Waals surface area contributed by atoms with Crippen LogP contribution in [0.25, 0.3) is 82.1 Å². The first-order chi connectivity index (χ1) is 27.8. The second-order valence-corrected chi connectivity index (χ2v) is 14.5. The van der Waals surface area contributed by atoms with Crippen LogP contribution in [0.5, 0.6) is 0 Å². The average molecular weight is 713 g/mol. The second-order valence-electron chi connectivity index (χ2n) is 14.5. The predicted octanol–water partition coefficient (Wildman–Crippen LogP) is 15.0. The normalized spacial score (nSPS) is 11.6. The van der Waals surface area contributed by atoms with Crippen LogP contribution < -0.4 is 4.90 Å². The van der Waals surface area contributed by atoms with Crippen molar-refractivity contribution in [3.8, 4) is 27.9 Å². The zero-order valence-electron chi connectivity index (χ0n) is 30.7. The highest BCUT2D eigenvalue weighted by Gasteiger charge is 2.21. The number of para-hydroxylation sites is 1. The van der Waals surface area contributed by atoms with Gasteiger partial charge in [-0.15, -0.1) is 0 Å². The minimum Gasteiger partial charge on any atom is -0.311 e. The maximum absolute atomic E-state index is 2.48. The van der Waals surface area contributed by atoms with Gasteiger partial charge in [-0.3, -0.25) is 0 Å². The molecule has 10 aromatic carbocycles. The lowest BCUT2D eigenvalue weighted by Gasteiger charge is -2.26. The fourth-order valence-electron chi connectivity index (χ4n) is 8.77. The van der Waals surface area contributed by atoms with Crippen molar-refractivity contribution >= 4 is 71.2 Å². The van der Waals surface area contributed by atoms with Gasteiger partial charge in [0.2, 0.25) is 0 Å². The summed E-state index contributed by atoms with van der Waals surface area (Å²) in [5, 5.41) is 10.2. The first-order valence-corrected chi connectivity index (χ1v) is 19.3. The highest BCUT2D eigenvalue weighted by Crippen LogP contribution is 2.45. The fraction of sp³-hybridized carbons (Fsp3) is 0. The van der Waals surface area contributed by atoms with Gasteiger partial charge in [0, 0.05) is 44.3 Å². The largest absolute Gasteiger partial charge is 0.311 e. The molecule has 0 aliphatic carbocycles. The molecule has 0 amide bonds. The first kappa shape index (κ1) is 32.0. The van der Waals surface area contributed by atoms with Crippen LogP contribution in [0.1, 0.15) is 0 Å². The van der Waals surface area contributed by atoms with E-state index in [1.165, 1.54) is 76.4 Å². The van der Waals surface area contributed by atoms with Gasteiger partial charge in [0.25, 0.3) is 0 Å². The van der Waals surface area contributed by atoms with E-state index in [0.29, 0.717) is 0 Å². The maximum atomic E-state index is 2.48. The van der Waals surface area contributed by atoms with Crippen molar-refractivity contribution in [3.05, 3.63) is 218 Å². The van der Waals surface area contributed by atoms with Crippen LogP contribution in [-0.2, 0) is 0 Å². The SMILES string of the molecule is c1ccc(-c2ccc(N(c3ccc(-c4ccccc4)cc3)c3ccc(-n4c5ccccc5c5c6c7ccccc7ccc6c6ccccc6c54)cc3)cc2)cc1. The van der Waals surface area contributed by atoms with Crippen LogP contribution >= 0.6 is 0 Å². The Labute approximate surface area is 325 Å². The third kappa shape index (κ3) is 5.19. The fourth-order valence-corrected chi connectivity index (χ4v) is 8.77. The first-order valence-electron chi connectivity index (χ1n) is 19.3. The molecule has 262 valence electrons. The van der Waals surface area contributed by atoms with Crippen molar-refractivity contribution in [3.63, 3.8) is 0 Å². The topological polar surface area (TPSA) is 8.17 Å². The Morgan fingerprint density at radius 1 is 0.286 bits per heavy atom. The summed E-state index contributed by atoms with van der Waals surface area (Å²) in [6.07, 6.45) is 0. The summed E-state index contributed by atoms with van der Waals surface area (Å²) in [5.41, 5.74) is 11.7. The lowest BCUT2D eigenvalue weighted by Crippen LogP contribution is -2.10. The van der Waals surface area contributed by atoms with Crippen LogP contribution in [0, 0.1) is 0 Å². The molecule has 0 N–H and O–H groups in total. The molecule has 0 unspecified atom stereocenters. The van der Waals surface area contributed by atoms with Crippen molar-refractivity contribution < 1.29 is 0 Å². The number of nitrogens with zero attached hydrogens (tertiary/aromatic N) is 2. The van der Waals surface area contributed by atoms with Gasteiger partial charge in [-0.05, 0) is 98.4 Å². The number of anilines is 3. The Hall–Kier alpha value is -7.42. The van der Waals surface area contributed by atoms with E-state index in [9.17, 15) is 0 Å². The van der Waals surface area contributed by atoms with Gasteiger partial charge in [0.15, 0.2) is 0 Å². The van der Waals surface area contributed by atoms with E-state index in [2.05, 4.69) is 228 Å². The van der Waals surface area contributed by atoms with Gasteiger partial charge in [0.1, 0.15) is 0 Å². The maximum Gasteiger partial charge on any atom is 0.0626 e. The van der Waals surface area contributed by atoms with Gasteiger partial charge in [-0.2, -0.15) is 0 Å². The van der Waals surface area contributed by atoms with Crippen LogP contribution in [0.3, 0.4) is 0 Å². The van der Waals surface area contributed by atoms with Gasteiger partial charge in [-0.1, -0.05) is 164 Å². The van der Waals surface area contributed by atoms with Crippen molar-refractivity contribution in [1.82, 2.24) is 4.57 Å². The summed E-state index contributed by atoms with van der Waals surface area (Å²) >= 11 is 0. The molecule has 11 rings (SSSR count). The Balaban J connectivity index is 1.10. The number of hydrogen-bond acceptors (Lipinski definition) is 1. The Morgan fingerprint density at radius 3 is 1.36 bits per heavy atom. The van der Waals surface area contributed by atoms with E-state index in [1.807, 2.05) is 0 Å². The van der Waals surface area contributed by atoms with E-state index in [4.69, 9.17) is 0 Å². The standard InChI is InChI=1S/C54H36N2/c1-3-13-37(14-4-1)39-23-28-42(29-24-39)55(43-30-25-40(26-31-43)38-15-5-2-6-16-38)44-32-34-45(35-33-44)56-51-22-12-11-21-50(51)53-52-46-18-8-7-17-41(46)27-36-48(52)47-19-9-10-20-49(47)54(53)56/h1-36H. The minimum atomic E-state index is 1.09. The number of fused-ring (bicyclic) bond motifs is 10. The van der Waals surface area contributed by atoms with E-state index >= 15 is 0 Å². The van der Waals surface area contributed by atoms with Crippen LogP contribution in [0.15, 0.2) is 218 Å². The zero-order chi connectivity index (χ0) is 37.0. The summed E-state index contributed by atoms with van der Waals surface area (Å²) in [6.45, 7) is 0. The lowest BCUT2D eigenvalue weighted by atomic mass is 9.93. The molecular formula is C54H36N2. The highest BCUT2D eigenvalue weighted by molar-refractivity contribution is 6.36. The summed E-state index contributed by atoms with van der Waals surface area (Å²) < 4.78 is 2.48. The van der Waals surface area contributed by atoms with Crippen LogP contribution in [0.2, 0.25) is 0 Å². The van der Waals surface area contributed by atoms with Crippen molar-refractivity contribution in [2.24, 2.45) is 0 Å². The molecule has 11 aromatic rings. The van der Waals surface area contributed by atoms with Gasteiger partial charge in [0.05, 0.1) is 11.0 Å². The average Bonchev–Trinajstić information content (AvgIpc) is 3.63.